The van der Waals surface area contributed by atoms with E-state index in [-0.39, 0.29) is 11.9 Å². The van der Waals surface area contributed by atoms with Crippen molar-refractivity contribution < 1.29 is 22.3 Å². The molecule has 1 unspecified atom stereocenters. The molecule has 0 radical (unpaired) electrons. The molecule has 6 heteroatoms. The van der Waals surface area contributed by atoms with Gasteiger partial charge in [-0.2, -0.15) is 13.2 Å². The molecule has 0 aliphatic heterocycles. The molecule has 0 aromatic heterocycles. The Balaban J connectivity index is 2.62. The third-order valence-electron chi connectivity index (χ3n) is 2.66. The maximum absolute atomic E-state index is 12.9. The molecule has 0 saturated heterocycles. The summed E-state index contributed by atoms with van der Waals surface area (Å²) in [6, 6.07) is 5.77. The number of rotatable bonds is 7. The normalized spacial score (nSPS) is 13.8. The number of nitrogens with one attached hydrogen (secondary N) is 1. The third kappa shape index (κ3) is 6.86. The summed E-state index contributed by atoms with van der Waals surface area (Å²) in [5, 5.41) is 3.11. The first-order valence-corrected chi connectivity index (χ1v) is 6.45. The zero-order valence-corrected chi connectivity index (χ0v) is 11.5. The Morgan fingerprint density at radius 1 is 1.15 bits per heavy atom. The van der Waals surface area contributed by atoms with Gasteiger partial charge in [0.05, 0.1) is 19.1 Å². The van der Waals surface area contributed by atoms with Crippen molar-refractivity contribution in [3.63, 3.8) is 0 Å². The van der Waals surface area contributed by atoms with E-state index in [1.54, 1.807) is 0 Å². The van der Waals surface area contributed by atoms with E-state index in [0.29, 0.717) is 12.1 Å². The van der Waals surface area contributed by atoms with Crippen LogP contribution in [-0.2, 0) is 4.74 Å². The largest absolute Gasteiger partial charge is 0.391 e. The molecule has 0 heterocycles. The summed E-state index contributed by atoms with van der Waals surface area (Å²) in [7, 11) is 0. The van der Waals surface area contributed by atoms with Crippen molar-refractivity contribution in [3.05, 3.63) is 35.6 Å². The molecular formula is C14H19F4NO. The van der Waals surface area contributed by atoms with E-state index < -0.39 is 25.3 Å². The Labute approximate surface area is 116 Å². The Bertz CT molecular complexity index is 389. The van der Waals surface area contributed by atoms with Crippen LogP contribution in [0.2, 0.25) is 0 Å². The minimum Gasteiger partial charge on any atom is -0.372 e. The van der Waals surface area contributed by atoms with Gasteiger partial charge in [0.2, 0.25) is 0 Å². The lowest BCUT2D eigenvalue weighted by Crippen LogP contribution is -2.29. The molecular weight excluding hydrogens is 274 g/mol. The minimum atomic E-state index is -4.24. The number of ether oxygens (including phenoxy) is 1. The first-order chi connectivity index (χ1) is 9.28. The molecule has 1 atom stereocenters. The highest BCUT2D eigenvalue weighted by atomic mass is 19.4. The van der Waals surface area contributed by atoms with Gasteiger partial charge in [-0.3, -0.25) is 0 Å². The summed E-state index contributed by atoms with van der Waals surface area (Å²) in [4.78, 5) is 0. The molecule has 0 amide bonds. The van der Waals surface area contributed by atoms with Gasteiger partial charge in [-0.1, -0.05) is 26.0 Å². The van der Waals surface area contributed by atoms with E-state index in [0.717, 1.165) is 0 Å². The van der Waals surface area contributed by atoms with Crippen LogP contribution in [0.4, 0.5) is 17.6 Å². The monoisotopic (exact) mass is 293 g/mol. The highest BCUT2D eigenvalue weighted by Crippen LogP contribution is 2.22. The highest BCUT2D eigenvalue weighted by molar-refractivity contribution is 5.19. The standard InChI is InChI=1S/C14H19F4NO/c1-10(2)19-9-13(20-8-7-14(16,17)18)11-3-5-12(15)6-4-11/h3-6,10,13,19H,7-9H2,1-2H3. The highest BCUT2D eigenvalue weighted by Gasteiger charge is 2.27. The topological polar surface area (TPSA) is 21.3 Å². The van der Waals surface area contributed by atoms with Crippen LogP contribution in [0, 0.1) is 5.82 Å². The summed E-state index contributed by atoms with van der Waals surface area (Å²) in [6.07, 6.45) is -5.76. The lowest BCUT2D eigenvalue weighted by Gasteiger charge is -2.21. The van der Waals surface area contributed by atoms with Gasteiger partial charge in [-0.25, -0.2) is 4.39 Å². The van der Waals surface area contributed by atoms with E-state index in [2.05, 4.69) is 5.32 Å². The van der Waals surface area contributed by atoms with Gasteiger partial charge in [0.25, 0.3) is 0 Å². The van der Waals surface area contributed by atoms with Gasteiger partial charge < -0.3 is 10.1 Å². The van der Waals surface area contributed by atoms with Crippen molar-refractivity contribution >= 4 is 0 Å². The van der Waals surface area contributed by atoms with Gasteiger partial charge in [0, 0.05) is 12.6 Å². The van der Waals surface area contributed by atoms with Crippen molar-refractivity contribution in [1.29, 1.82) is 0 Å². The zero-order valence-electron chi connectivity index (χ0n) is 11.5. The van der Waals surface area contributed by atoms with Crippen LogP contribution in [0.25, 0.3) is 0 Å². The van der Waals surface area contributed by atoms with Crippen LogP contribution < -0.4 is 5.32 Å². The second-order valence-corrected chi connectivity index (χ2v) is 4.84. The third-order valence-corrected chi connectivity index (χ3v) is 2.66. The van der Waals surface area contributed by atoms with Crippen LogP contribution in [0.1, 0.15) is 31.9 Å². The lowest BCUT2D eigenvalue weighted by atomic mass is 10.1. The van der Waals surface area contributed by atoms with Crippen molar-refractivity contribution in [2.75, 3.05) is 13.2 Å². The first kappa shape index (κ1) is 16.9. The molecule has 0 aliphatic carbocycles. The summed E-state index contributed by atoms with van der Waals surface area (Å²) >= 11 is 0. The van der Waals surface area contributed by atoms with Gasteiger partial charge in [0.15, 0.2) is 0 Å². The van der Waals surface area contributed by atoms with Crippen molar-refractivity contribution in [1.82, 2.24) is 5.32 Å². The average molecular weight is 293 g/mol. The number of halogens is 4. The maximum Gasteiger partial charge on any atom is 0.391 e. The molecule has 114 valence electrons. The molecule has 0 spiro atoms. The Morgan fingerprint density at radius 3 is 2.25 bits per heavy atom. The average Bonchev–Trinajstić information content (AvgIpc) is 2.33. The Hall–Kier alpha value is -1.14. The summed E-state index contributed by atoms with van der Waals surface area (Å²) in [5.41, 5.74) is 0.654. The van der Waals surface area contributed by atoms with E-state index in [1.807, 2.05) is 13.8 Å². The fourth-order valence-corrected chi connectivity index (χ4v) is 1.61. The van der Waals surface area contributed by atoms with Gasteiger partial charge in [-0.05, 0) is 17.7 Å². The van der Waals surface area contributed by atoms with E-state index in [1.165, 1.54) is 24.3 Å². The number of hydrogen-bond donors (Lipinski definition) is 1. The predicted molar refractivity (Wildman–Crippen MR) is 68.9 cm³/mol. The van der Waals surface area contributed by atoms with E-state index in [9.17, 15) is 17.6 Å². The van der Waals surface area contributed by atoms with Crippen molar-refractivity contribution in [2.45, 2.75) is 38.6 Å². The van der Waals surface area contributed by atoms with Crippen molar-refractivity contribution in [2.24, 2.45) is 0 Å². The summed E-state index contributed by atoms with van der Waals surface area (Å²) < 4.78 is 54.5. The molecule has 0 aliphatic rings. The quantitative estimate of drug-likeness (QED) is 0.771. The predicted octanol–water partition coefficient (Wildman–Crippen LogP) is 3.83. The zero-order chi connectivity index (χ0) is 15.2. The molecule has 0 fully saturated rings. The molecule has 0 saturated carbocycles. The second kappa shape index (κ2) is 7.59. The van der Waals surface area contributed by atoms with E-state index >= 15 is 0 Å². The number of alkyl halides is 3. The van der Waals surface area contributed by atoms with Gasteiger partial charge >= 0.3 is 6.18 Å². The Kier molecular flexibility index (Phi) is 6.42. The first-order valence-electron chi connectivity index (χ1n) is 6.45. The molecule has 20 heavy (non-hydrogen) atoms. The molecule has 0 bridgehead atoms. The van der Waals surface area contributed by atoms with Crippen LogP contribution in [0.15, 0.2) is 24.3 Å². The second-order valence-electron chi connectivity index (χ2n) is 4.84. The number of hydrogen-bond acceptors (Lipinski definition) is 2. The SMILES string of the molecule is CC(C)NCC(OCCC(F)(F)F)c1ccc(F)cc1. The molecule has 1 aromatic rings. The maximum atomic E-state index is 12.9. The fourth-order valence-electron chi connectivity index (χ4n) is 1.61. The van der Waals surface area contributed by atoms with Crippen LogP contribution in [0.5, 0.6) is 0 Å². The molecule has 1 N–H and O–H groups in total. The molecule has 2 nitrogen and oxygen atoms in total. The Morgan fingerprint density at radius 2 is 1.75 bits per heavy atom. The van der Waals surface area contributed by atoms with Gasteiger partial charge in [-0.15, -0.1) is 0 Å². The van der Waals surface area contributed by atoms with Crippen LogP contribution in [-0.4, -0.2) is 25.4 Å². The van der Waals surface area contributed by atoms with Crippen LogP contribution >= 0.6 is 0 Å². The smallest absolute Gasteiger partial charge is 0.372 e. The minimum absolute atomic E-state index is 0.184. The van der Waals surface area contributed by atoms with Crippen molar-refractivity contribution in [3.8, 4) is 0 Å². The molecule has 1 aromatic carbocycles. The fraction of sp³-hybridized carbons (Fsp3) is 0.571. The summed E-state index contributed by atoms with van der Waals surface area (Å²) in [6.45, 7) is 3.82. The van der Waals surface area contributed by atoms with Crippen LogP contribution in [0.3, 0.4) is 0 Å². The van der Waals surface area contributed by atoms with E-state index in [4.69, 9.17) is 4.74 Å². The molecule has 1 rings (SSSR count). The number of benzene rings is 1. The van der Waals surface area contributed by atoms with Gasteiger partial charge in [0.1, 0.15) is 5.82 Å². The lowest BCUT2D eigenvalue weighted by molar-refractivity contribution is -0.149. The summed E-state index contributed by atoms with van der Waals surface area (Å²) in [5.74, 6) is -0.389.